The molecule has 0 bridgehead atoms. The van der Waals surface area contributed by atoms with E-state index in [0.717, 1.165) is 23.0 Å². The molecule has 0 aliphatic rings. The first-order valence-corrected chi connectivity index (χ1v) is 7.32. The normalized spacial score (nSPS) is 12.4. The molecular formula is C15H17BrN2O. The summed E-state index contributed by atoms with van der Waals surface area (Å²) in [5.41, 5.74) is 2.41. The second kappa shape index (κ2) is 6.15. The highest BCUT2D eigenvalue weighted by Gasteiger charge is 2.12. The number of rotatable bonds is 4. The van der Waals surface area contributed by atoms with Crippen molar-refractivity contribution in [3.63, 3.8) is 0 Å². The van der Waals surface area contributed by atoms with Crippen molar-refractivity contribution in [3.8, 4) is 0 Å². The van der Waals surface area contributed by atoms with Crippen LogP contribution in [0.3, 0.4) is 0 Å². The highest BCUT2D eigenvalue weighted by Crippen LogP contribution is 2.18. The number of carbonyl (C=O) groups excluding carboxylic acids is 1. The number of hydrogen-bond donors (Lipinski definition) is 1. The minimum absolute atomic E-state index is 0.0420. The summed E-state index contributed by atoms with van der Waals surface area (Å²) in [7, 11) is 0. The van der Waals surface area contributed by atoms with Crippen molar-refractivity contribution in [1.29, 1.82) is 0 Å². The van der Waals surface area contributed by atoms with Gasteiger partial charge in [-0.15, -0.1) is 0 Å². The van der Waals surface area contributed by atoms with E-state index in [1.54, 1.807) is 0 Å². The summed E-state index contributed by atoms with van der Waals surface area (Å²) in [5.74, 6) is -0.0420. The number of fused-ring (bicyclic) bond motifs is 1. The summed E-state index contributed by atoms with van der Waals surface area (Å²) in [6.07, 6.45) is 0.983. The van der Waals surface area contributed by atoms with Gasteiger partial charge in [-0.25, -0.2) is 0 Å². The zero-order valence-corrected chi connectivity index (χ0v) is 12.7. The third-order valence-electron chi connectivity index (χ3n) is 3.02. The van der Waals surface area contributed by atoms with Crippen LogP contribution in [-0.4, -0.2) is 22.3 Å². The maximum Gasteiger partial charge on any atom is 0.252 e. The number of benzene rings is 1. The van der Waals surface area contributed by atoms with Crippen LogP contribution in [0.4, 0.5) is 0 Å². The van der Waals surface area contributed by atoms with Gasteiger partial charge in [0, 0.05) is 22.5 Å². The third-order valence-corrected chi connectivity index (χ3v) is 3.99. The van der Waals surface area contributed by atoms with E-state index in [4.69, 9.17) is 0 Å². The van der Waals surface area contributed by atoms with E-state index < -0.39 is 0 Å². The fourth-order valence-corrected chi connectivity index (χ4v) is 2.10. The summed E-state index contributed by atoms with van der Waals surface area (Å²) < 4.78 is 0. The van der Waals surface area contributed by atoms with Crippen molar-refractivity contribution in [2.45, 2.75) is 25.1 Å². The average Bonchev–Trinajstić information content (AvgIpc) is 2.43. The Hall–Kier alpha value is -1.42. The first-order chi connectivity index (χ1) is 9.11. The van der Waals surface area contributed by atoms with Gasteiger partial charge in [0.25, 0.3) is 5.91 Å². The number of amides is 1. The molecule has 2 rings (SSSR count). The fourth-order valence-electron chi connectivity index (χ4n) is 1.94. The van der Waals surface area contributed by atoms with Crippen molar-refractivity contribution in [3.05, 3.63) is 41.6 Å². The van der Waals surface area contributed by atoms with Crippen LogP contribution in [0.15, 0.2) is 30.3 Å². The van der Waals surface area contributed by atoms with Crippen LogP contribution >= 0.6 is 15.9 Å². The van der Waals surface area contributed by atoms with Crippen molar-refractivity contribution in [2.24, 2.45) is 0 Å². The second-order valence-corrected chi connectivity index (χ2v) is 5.84. The quantitative estimate of drug-likeness (QED) is 0.877. The van der Waals surface area contributed by atoms with Crippen molar-refractivity contribution in [2.75, 3.05) is 6.54 Å². The number of para-hydroxylation sites is 1. The SMILES string of the molecule is CCC(Br)CNC(=O)c1cc(C)nc2ccccc12. The Bertz CT molecular complexity index is 598. The lowest BCUT2D eigenvalue weighted by Crippen LogP contribution is -2.29. The molecule has 0 spiro atoms. The van der Waals surface area contributed by atoms with Gasteiger partial charge in [0.15, 0.2) is 0 Å². The maximum absolute atomic E-state index is 12.3. The molecule has 0 aliphatic heterocycles. The van der Waals surface area contributed by atoms with Crippen LogP contribution < -0.4 is 5.32 Å². The van der Waals surface area contributed by atoms with Crippen molar-refractivity contribution < 1.29 is 4.79 Å². The van der Waals surface area contributed by atoms with E-state index in [9.17, 15) is 4.79 Å². The third kappa shape index (κ3) is 3.32. The Morgan fingerprint density at radius 2 is 2.16 bits per heavy atom. The van der Waals surface area contributed by atoms with Crippen LogP contribution in [-0.2, 0) is 0 Å². The first kappa shape index (κ1) is 14.0. The van der Waals surface area contributed by atoms with Crippen LogP contribution in [0.5, 0.6) is 0 Å². The lowest BCUT2D eigenvalue weighted by Gasteiger charge is -2.11. The standard InChI is InChI=1S/C15H17BrN2O/c1-3-11(16)9-17-15(19)13-8-10(2)18-14-7-5-4-6-12(13)14/h4-8,11H,3,9H2,1-2H3,(H,17,19). The molecule has 0 fully saturated rings. The first-order valence-electron chi connectivity index (χ1n) is 6.40. The molecule has 0 radical (unpaired) electrons. The number of aryl methyl sites for hydroxylation is 1. The van der Waals surface area contributed by atoms with Gasteiger partial charge >= 0.3 is 0 Å². The largest absolute Gasteiger partial charge is 0.351 e. The Morgan fingerprint density at radius 3 is 2.89 bits per heavy atom. The predicted molar refractivity (Wildman–Crippen MR) is 81.8 cm³/mol. The molecule has 100 valence electrons. The second-order valence-electron chi connectivity index (χ2n) is 4.54. The van der Waals surface area contributed by atoms with Crippen LogP contribution in [0.1, 0.15) is 29.4 Å². The predicted octanol–water partition coefficient (Wildman–Crippen LogP) is 3.45. The van der Waals surface area contributed by atoms with Gasteiger partial charge in [0.05, 0.1) is 11.1 Å². The molecule has 2 aromatic rings. The molecule has 0 saturated heterocycles. The molecule has 1 atom stereocenters. The molecule has 1 N–H and O–H groups in total. The van der Waals surface area contributed by atoms with Gasteiger partial charge < -0.3 is 5.32 Å². The number of nitrogens with one attached hydrogen (secondary N) is 1. The molecule has 1 aromatic heterocycles. The summed E-state index contributed by atoms with van der Waals surface area (Å²) in [4.78, 5) is 17.0. The minimum atomic E-state index is -0.0420. The van der Waals surface area contributed by atoms with E-state index in [2.05, 4.69) is 33.2 Å². The number of hydrogen-bond acceptors (Lipinski definition) is 2. The smallest absolute Gasteiger partial charge is 0.252 e. The minimum Gasteiger partial charge on any atom is -0.351 e. The molecular weight excluding hydrogens is 304 g/mol. The summed E-state index contributed by atoms with van der Waals surface area (Å²) >= 11 is 3.51. The maximum atomic E-state index is 12.3. The average molecular weight is 321 g/mol. The van der Waals surface area contributed by atoms with Crippen molar-refractivity contribution >= 4 is 32.7 Å². The van der Waals surface area contributed by atoms with Crippen molar-refractivity contribution in [1.82, 2.24) is 10.3 Å². The van der Waals surface area contributed by atoms with Gasteiger partial charge in [-0.3, -0.25) is 9.78 Å². The van der Waals surface area contributed by atoms with Gasteiger partial charge in [0.1, 0.15) is 0 Å². The molecule has 19 heavy (non-hydrogen) atoms. The van der Waals surface area contributed by atoms with E-state index >= 15 is 0 Å². The lowest BCUT2D eigenvalue weighted by molar-refractivity contribution is 0.0955. The van der Waals surface area contributed by atoms with E-state index in [-0.39, 0.29) is 5.91 Å². The molecule has 0 aliphatic carbocycles. The van der Waals surface area contributed by atoms with Crippen LogP contribution in [0.2, 0.25) is 0 Å². The van der Waals surface area contributed by atoms with E-state index in [1.807, 2.05) is 37.3 Å². The molecule has 4 heteroatoms. The zero-order chi connectivity index (χ0) is 13.8. The van der Waals surface area contributed by atoms with Gasteiger partial charge in [-0.1, -0.05) is 41.1 Å². The fraction of sp³-hybridized carbons (Fsp3) is 0.333. The van der Waals surface area contributed by atoms with Crippen LogP contribution in [0.25, 0.3) is 10.9 Å². The molecule has 1 unspecified atom stereocenters. The Balaban J connectivity index is 2.31. The molecule has 1 aromatic carbocycles. The summed E-state index contributed by atoms with van der Waals surface area (Å²) in [6, 6.07) is 9.56. The molecule has 0 saturated carbocycles. The monoisotopic (exact) mass is 320 g/mol. The Kier molecular flexibility index (Phi) is 4.53. The topological polar surface area (TPSA) is 42.0 Å². The summed E-state index contributed by atoms with van der Waals surface area (Å²) in [6.45, 7) is 4.62. The molecule has 3 nitrogen and oxygen atoms in total. The van der Waals surface area contributed by atoms with Gasteiger partial charge in [-0.05, 0) is 25.5 Å². The van der Waals surface area contributed by atoms with E-state index in [1.165, 1.54) is 0 Å². The number of alkyl halides is 1. The molecule has 1 heterocycles. The highest BCUT2D eigenvalue weighted by atomic mass is 79.9. The van der Waals surface area contributed by atoms with Crippen LogP contribution in [0, 0.1) is 6.92 Å². The lowest BCUT2D eigenvalue weighted by atomic mass is 10.1. The highest BCUT2D eigenvalue weighted by molar-refractivity contribution is 9.09. The number of carbonyl (C=O) groups is 1. The number of aromatic nitrogens is 1. The van der Waals surface area contributed by atoms with Gasteiger partial charge in [0.2, 0.25) is 0 Å². The Labute approximate surface area is 121 Å². The molecule has 1 amide bonds. The van der Waals surface area contributed by atoms with E-state index in [0.29, 0.717) is 16.9 Å². The Morgan fingerprint density at radius 1 is 1.42 bits per heavy atom. The number of halogens is 1. The summed E-state index contributed by atoms with van der Waals surface area (Å²) in [5, 5.41) is 3.85. The number of pyridine rings is 1. The zero-order valence-electron chi connectivity index (χ0n) is 11.1. The van der Waals surface area contributed by atoms with Gasteiger partial charge in [-0.2, -0.15) is 0 Å². The number of nitrogens with zero attached hydrogens (tertiary/aromatic N) is 1.